The predicted molar refractivity (Wildman–Crippen MR) is 81.5 cm³/mol. The number of nitriles is 1. The zero-order chi connectivity index (χ0) is 15.2. The maximum atomic E-state index is 11.9. The molecule has 0 fully saturated rings. The van der Waals surface area contributed by atoms with Crippen LogP contribution in [0, 0.1) is 18.3 Å². The first kappa shape index (κ1) is 14.9. The summed E-state index contributed by atoms with van der Waals surface area (Å²) in [6.07, 6.45) is 0. The standard InChI is InChI=1S/C16H13ClN2O2/c1-11-6-7-13(17)8-15(11)21-10-16(20)19-14-5-3-2-4-12(14)9-18/h2-8H,10H2,1H3,(H,19,20). The smallest absolute Gasteiger partial charge is 0.262 e. The van der Waals surface area contributed by atoms with E-state index in [2.05, 4.69) is 5.32 Å². The van der Waals surface area contributed by atoms with Crippen molar-refractivity contribution in [1.29, 1.82) is 5.26 Å². The molecule has 1 N–H and O–H groups in total. The molecule has 0 saturated heterocycles. The minimum Gasteiger partial charge on any atom is -0.483 e. The van der Waals surface area contributed by atoms with E-state index in [4.69, 9.17) is 21.6 Å². The second kappa shape index (κ2) is 6.78. The van der Waals surface area contributed by atoms with Crippen LogP contribution in [0.2, 0.25) is 5.02 Å². The number of carbonyl (C=O) groups excluding carboxylic acids is 1. The van der Waals surface area contributed by atoms with Crippen molar-refractivity contribution in [2.75, 3.05) is 11.9 Å². The lowest BCUT2D eigenvalue weighted by molar-refractivity contribution is -0.118. The Hall–Kier alpha value is -2.51. The fourth-order valence-corrected chi connectivity index (χ4v) is 1.91. The largest absolute Gasteiger partial charge is 0.483 e. The van der Waals surface area contributed by atoms with Crippen molar-refractivity contribution >= 4 is 23.2 Å². The van der Waals surface area contributed by atoms with E-state index in [0.29, 0.717) is 22.0 Å². The summed E-state index contributed by atoms with van der Waals surface area (Å²) in [5.41, 5.74) is 1.77. The molecule has 0 unspecified atom stereocenters. The van der Waals surface area contributed by atoms with E-state index in [1.54, 1.807) is 36.4 Å². The number of para-hydroxylation sites is 1. The summed E-state index contributed by atoms with van der Waals surface area (Å²) in [4.78, 5) is 11.9. The number of halogens is 1. The molecule has 0 heterocycles. The zero-order valence-electron chi connectivity index (χ0n) is 11.4. The highest BCUT2D eigenvalue weighted by atomic mass is 35.5. The van der Waals surface area contributed by atoms with Crippen molar-refractivity contribution in [2.24, 2.45) is 0 Å². The Morgan fingerprint density at radius 3 is 2.86 bits per heavy atom. The zero-order valence-corrected chi connectivity index (χ0v) is 12.1. The van der Waals surface area contributed by atoms with E-state index in [1.807, 2.05) is 19.1 Å². The van der Waals surface area contributed by atoms with Crippen molar-refractivity contribution in [3.63, 3.8) is 0 Å². The highest BCUT2D eigenvalue weighted by molar-refractivity contribution is 6.30. The molecule has 0 spiro atoms. The molecule has 2 aromatic carbocycles. The maximum Gasteiger partial charge on any atom is 0.262 e. The van der Waals surface area contributed by atoms with Gasteiger partial charge in [-0.3, -0.25) is 4.79 Å². The van der Waals surface area contributed by atoms with Crippen LogP contribution in [0.4, 0.5) is 5.69 Å². The predicted octanol–water partition coefficient (Wildman–Crippen LogP) is 3.54. The van der Waals surface area contributed by atoms with Gasteiger partial charge in [-0.1, -0.05) is 29.8 Å². The molecule has 0 bridgehead atoms. The van der Waals surface area contributed by atoms with Crippen LogP contribution >= 0.6 is 11.6 Å². The molecule has 2 aromatic rings. The van der Waals surface area contributed by atoms with Crippen LogP contribution in [0.5, 0.6) is 5.75 Å². The van der Waals surface area contributed by atoms with Crippen LogP contribution < -0.4 is 10.1 Å². The molecule has 0 radical (unpaired) electrons. The molecule has 0 aliphatic carbocycles. The summed E-state index contributed by atoms with van der Waals surface area (Å²) in [7, 11) is 0. The van der Waals surface area contributed by atoms with Crippen molar-refractivity contribution in [1.82, 2.24) is 0 Å². The van der Waals surface area contributed by atoms with Gasteiger partial charge in [0.15, 0.2) is 6.61 Å². The van der Waals surface area contributed by atoms with Gasteiger partial charge in [-0.2, -0.15) is 5.26 Å². The molecule has 5 heteroatoms. The van der Waals surface area contributed by atoms with Crippen LogP contribution in [-0.4, -0.2) is 12.5 Å². The molecule has 2 rings (SSSR count). The number of hydrogen-bond acceptors (Lipinski definition) is 3. The fraction of sp³-hybridized carbons (Fsp3) is 0.125. The first-order valence-corrected chi connectivity index (χ1v) is 6.66. The van der Waals surface area contributed by atoms with Crippen molar-refractivity contribution in [2.45, 2.75) is 6.92 Å². The molecule has 0 atom stereocenters. The van der Waals surface area contributed by atoms with Gasteiger partial charge in [-0.05, 0) is 36.8 Å². The first-order valence-electron chi connectivity index (χ1n) is 6.28. The normalized spacial score (nSPS) is 9.76. The number of anilines is 1. The highest BCUT2D eigenvalue weighted by Crippen LogP contribution is 2.22. The van der Waals surface area contributed by atoms with Gasteiger partial charge < -0.3 is 10.1 Å². The minimum atomic E-state index is -0.336. The van der Waals surface area contributed by atoms with Crippen LogP contribution in [-0.2, 0) is 4.79 Å². The van der Waals surface area contributed by atoms with Gasteiger partial charge in [-0.15, -0.1) is 0 Å². The van der Waals surface area contributed by atoms with E-state index in [-0.39, 0.29) is 12.5 Å². The summed E-state index contributed by atoms with van der Waals surface area (Å²) in [6.45, 7) is 1.72. The van der Waals surface area contributed by atoms with Crippen LogP contribution in [0.1, 0.15) is 11.1 Å². The average Bonchev–Trinajstić information content (AvgIpc) is 2.49. The number of nitrogens with zero attached hydrogens (tertiary/aromatic N) is 1. The quantitative estimate of drug-likeness (QED) is 0.939. The number of hydrogen-bond donors (Lipinski definition) is 1. The fourth-order valence-electron chi connectivity index (χ4n) is 1.75. The van der Waals surface area contributed by atoms with Gasteiger partial charge in [0.25, 0.3) is 5.91 Å². The Morgan fingerprint density at radius 2 is 2.10 bits per heavy atom. The van der Waals surface area contributed by atoms with Gasteiger partial charge >= 0.3 is 0 Å². The Bertz CT molecular complexity index is 708. The SMILES string of the molecule is Cc1ccc(Cl)cc1OCC(=O)Nc1ccccc1C#N. The number of aryl methyl sites for hydroxylation is 1. The summed E-state index contributed by atoms with van der Waals surface area (Å²) >= 11 is 5.88. The maximum absolute atomic E-state index is 11.9. The summed E-state index contributed by atoms with van der Waals surface area (Å²) in [5.74, 6) is 0.225. The van der Waals surface area contributed by atoms with E-state index >= 15 is 0 Å². The number of amides is 1. The second-order valence-corrected chi connectivity index (χ2v) is 4.84. The molecular weight excluding hydrogens is 288 g/mol. The highest BCUT2D eigenvalue weighted by Gasteiger charge is 2.08. The van der Waals surface area contributed by atoms with Gasteiger partial charge in [0.1, 0.15) is 11.8 Å². The number of rotatable bonds is 4. The van der Waals surface area contributed by atoms with Gasteiger partial charge in [0.2, 0.25) is 0 Å². The second-order valence-electron chi connectivity index (χ2n) is 4.40. The molecule has 106 valence electrons. The van der Waals surface area contributed by atoms with Crippen molar-refractivity contribution in [3.8, 4) is 11.8 Å². The van der Waals surface area contributed by atoms with Gasteiger partial charge in [0, 0.05) is 5.02 Å². The van der Waals surface area contributed by atoms with Gasteiger partial charge in [0.05, 0.1) is 11.3 Å². The topological polar surface area (TPSA) is 62.1 Å². The van der Waals surface area contributed by atoms with E-state index < -0.39 is 0 Å². The van der Waals surface area contributed by atoms with Crippen LogP contribution in [0.25, 0.3) is 0 Å². The number of carbonyl (C=O) groups is 1. The third kappa shape index (κ3) is 3.98. The Labute approximate surface area is 127 Å². The summed E-state index contributed by atoms with van der Waals surface area (Å²) < 4.78 is 5.45. The molecule has 0 aliphatic heterocycles. The molecule has 21 heavy (non-hydrogen) atoms. The average molecular weight is 301 g/mol. The van der Waals surface area contributed by atoms with E-state index in [0.717, 1.165) is 5.56 Å². The Balaban J connectivity index is 2.00. The lowest BCUT2D eigenvalue weighted by Crippen LogP contribution is -2.20. The molecule has 0 saturated carbocycles. The summed E-state index contributed by atoms with van der Waals surface area (Å²) in [5, 5.41) is 12.2. The third-order valence-corrected chi connectivity index (χ3v) is 3.07. The first-order chi connectivity index (χ1) is 10.1. The Morgan fingerprint density at radius 1 is 1.33 bits per heavy atom. The lowest BCUT2D eigenvalue weighted by Gasteiger charge is -2.10. The molecular formula is C16H13ClN2O2. The Kier molecular flexibility index (Phi) is 4.81. The monoisotopic (exact) mass is 300 g/mol. The molecule has 4 nitrogen and oxygen atoms in total. The van der Waals surface area contributed by atoms with Crippen LogP contribution in [0.15, 0.2) is 42.5 Å². The molecule has 0 aliphatic rings. The number of benzene rings is 2. The van der Waals surface area contributed by atoms with Crippen LogP contribution in [0.3, 0.4) is 0 Å². The third-order valence-electron chi connectivity index (χ3n) is 2.83. The minimum absolute atomic E-state index is 0.152. The van der Waals surface area contributed by atoms with Crippen molar-refractivity contribution < 1.29 is 9.53 Å². The van der Waals surface area contributed by atoms with Crippen molar-refractivity contribution in [3.05, 3.63) is 58.6 Å². The molecule has 0 aromatic heterocycles. The van der Waals surface area contributed by atoms with E-state index in [9.17, 15) is 4.79 Å². The van der Waals surface area contributed by atoms with E-state index in [1.165, 1.54) is 0 Å². The summed E-state index contributed by atoms with van der Waals surface area (Å²) in [6, 6.07) is 14.0. The lowest BCUT2D eigenvalue weighted by atomic mass is 10.2. The number of nitrogens with one attached hydrogen (secondary N) is 1. The van der Waals surface area contributed by atoms with Gasteiger partial charge in [-0.25, -0.2) is 0 Å². The number of ether oxygens (including phenoxy) is 1. The molecule has 1 amide bonds.